The van der Waals surface area contributed by atoms with Crippen LogP contribution in [0.15, 0.2) is 60.7 Å². The Labute approximate surface area is 134 Å². The molecule has 3 aromatic carbocycles. The Morgan fingerprint density at radius 1 is 0.773 bits per heavy atom. The van der Waals surface area contributed by atoms with Crippen molar-refractivity contribution in [3.05, 3.63) is 60.7 Å². The average molecular weight is 350 g/mol. The van der Waals surface area contributed by atoms with Gasteiger partial charge in [0.1, 0.15) is 0 Å². The van der Waals surface area contributed by atoms with Gasteiger partial charge in [-0.3, -0.25) is 0 Å². The number of aryl methyl sites for hydroxylation is 1. The fourth-order valence-electron chi connectivity index (χ4n) is 3.18. The SMILES string of the molecule is Cn1c2ccccc2c2cc3c(cc21)Oc1ccccc1[Se]3. The molecule has 0 unspecified atom stereocenters. The maximum atomic E-state index is 6.14. The molecule has 106 valence electrons. The topological polar surface area (TPSA) is 14.2 Å². The summed E-state index contributed by atoms with van der Waals surface area (Å²) in [4.78, 5) is 0. The van der Waals surface area contributed by atoms with Crippen LogP contribution >= 0.6 is 0 Å². The van der Waals surface area contributed by atoms with Crippen LogP contribution in [0.3, 0.4) is 0 Å². The molecule has 22 heavy (non-hydrogen) atoms. The normalized spacial score (nSPS) is 13.0. The fraction of sp³-hybridized carbons (Fsp3) is 0.0526. The van der Waals surface area contributed by atoms with E-state index in [0.29, 0.717) is 15.0 Å². The summed E-state index contributed by atoms with van der Waals surface area (Å²) < 4.78 is 11.0. The van der Waals surface area contributed by atoms with Crippen molar-refractivity contribution >= 4 is 45.7 Å². The summed E-state index contributed by atoms with van der Waals surface area (Å²) in [5.41, 5.74) is 2.50. The van der Waals surface area contributed by atoms with Crippen LogP contribution in [0.4, 0.5) is 0 Å². The minimum absolute atomic E-state index is 0.301. The number of fused-ring (bicyclic) bond motifs is 5. The Morgan fingerprint density at radius 3 is 2.55 bits per heavy atom. The zero-order chi connectivity index (χ0) is 14.7. The van der Waals surface area contributed by atoms with Crippen LogP contribution in [-0.4, -0.2) is 19.5 Å². The molecule has 2 heterocycles. The van der Waals surface area contributed by atoms with Gasteiger partial charge in [0, 0.05) is 0 Å². The van der Waals surface area contributed by atoms with Crippen molar-refractivity contribution in [2.75, 3.05) is 0 Å². The third-order valence-electron chi connectivity index (χ3n) is 4.27. The van der Waals surface area contributed by atoms with Crippen molar-refractivity contribution in [1.82, 2.24) is 4.57 Å². The van der Waals surface area contributed by atoms with Gasteiger partial charge in [-0.05, 0) is 0 Å². The monoisotopic (exact) mass is 351 g/mol. The fourth-order valence-corrected chi connectivity index (χ4v) is 5.22. The summed E-state index contributed by atoms with van der Waals surface area (Å²) in [5, 5.41) is 2.64. The second-order valence-corrected chi connectivity index (χ2v) is 7.82. The van der Waals surface area contributed by atoms with Crippen LogP contribution in [0.1, 0.15) is 0 Å². The second-order valence-electron chi connectivity index (χ2n) is 5.54. The molecule has 4 aromatic rings. The molecule has 1 aliphatic heterocycles. The van der Waals surface area contributed by atoms with Crippen LogP contribution in [0.2, 0.25) is 0 Å². The molecular formula is C19H13NOSe. The zero-order valence-electron chi connectivity index (χ0n) is 12.0. The number of hydrogen-bond acceptors (Lipinski definition) is 1. The van der Waals surface area contributed by atoms with Crippen molar-refractivity contribution in [3.63, 3.8) is 0 Å². The summed E-state index contributed by atoms with van der Waals surface area (Å²) in [5.74, 6) is 2.02. The number of benzene rings is 3. The van der Waals surface area contributed by atoms with Crippen molar-refractivity contribution in [3.8, 4) is 11.5 Å². The molecule has 0 spiro atoms. The number of aromatic nitrogens is 1. The average Bonchev–Trinajstić information content (AvgIpc) is 2.84. The Hall–Kier alpha value is -2.22. The van der Waals surface area contributed by atoms with Gasteiger partial charge in [0.25, 0.3) is 0 Å². The number of nitrogens with zero attached hydrogens (tertiary/aromatic N) is 1. The predicted molar refractivity (Wildman–Crippen MR) is 92.0 cm³/mol. The molecule has 0 bridgehead atoms. The van der Waals surface area contributed by atoms with Gasteiger partial charge < -0.3 is 0 Å². The number of rotatable bonds is 0. The standard InChI is InChI=1S/C19H13NOSe/c1-20-14-7-3-2-6-12(14)13-10-19-17(11-15(13)20)21-16-8-4-5-9-18(16)22-19/h2-11H,1H3. The van der Waals surface area contributed by atoms with E-state index in [0.717, 1.165) is 11.5 Å². The van der Waals surface area contributed by atoms with Crippen molar-refractivity contribution in [1.29, 1.82) is 0 Å². The third kappa shape index (κ3) is 1.61. The molecule has 5 rings (SSSR count). The summed E-state index contributed by atoms with van der Waals surface area (Å²) >= 11 is 0.301. The maximum absolute atomic E-state index is 6.14. The predicted octanol–water partition coefficient (Wildman–Crippen LogP) is 3.09. The van der Waals surface area contributed by atoms with Crippen LogP contribution in [0.5, 0.6) is 11.5 Å². The summed E-state index contributed by atoms with van der Waals surface area (Å²) in [7, 11) is 2.12. The van der Waals surface area contributed by atoms with E-state index in [1.165, 1.54) is 30.7 Å². The molecule has 1 aromatic heterocycles. The van der Waals surface area contributed by atoms with Gasteiger partial charge in [0.2, 0.25) is 0 Å². The van der Waals surface area contributed by atoms with E-state index in [1.54, 1.807) is 0 Å². The Morgan fingerprint density at radius 2 is 1.59 bits per heavy atom. The number of hydrogen-bond donors (Lipinski definition) is 0. The molecule has 0 N–H and O–H groups in total. The Kier molecular flexibility index (Phi) is 2.46. The first kappa shape index (κ1) is 12.3. The first-order chi connectivity index (χ1) is 10.8. The van der Waals surface area contributed by atoms with Gasteiger partial charge in [-0.2, -0.15) is 0 Å². The summed E-state index contributed by atoms with van der Waals surface area (Å²) in [6, 6.07) is 21.5. The van der Waals surface area contributed by atoms with Crippen LogP contribution in [0, 0.1) is 0 Å². The Bertz CT molecular complexity index is 1050. The van der Waals surface area contributed by atoms with Crippen molar-refractivity contribution in [2.24, 2.45) is 7.05 Å². The van der Waals surface area contributed by atoms with Gasteiger partial charge >= 0.3 is 134 Å². The molecule has 0 saturated heterocycles. The summed E-state index contributed by atoms with van der Waals surface area (Å²) in [6.45, 7) is 0. The van der Waals surface area contributed by atoms with Crippen LogP contribution in [-0.2, 0) is 7.05 Å². The molecule has 0 fully saturated rings. The van der Waals surface area contributed by atoms with E-state index in [2.05, 4.69) is 66.2 Å². The molecule has 2 nitrogen and oxygen atoms in total. The molecule has 0 saturated carbocycles. The van der Waals surface area contributed by atoms with E-state index in [1.807, 2.05) is 6.07 Å². The van der Waals surface area contributed by atoms with Crippen molar-refractivity contribution < 1.29 is 4.74 Å². The molecule has 1 aliphatic rings. The zero-order valence-corrected chi connectivity index (χ0v) is 13.8. The molecule has 0 radical (unpaired) electrons. The molecule has 0 aliphatic carbocycles. The molecule has 0 amide bonds. The second kappa shape index (κ2) is 4.39. The van der Waals surface area contributed by atoms with E-state index in [9.17, 15) is 0 Å². The molecule has 0 atom stereocenters. The van der Waals surface area contributed by atoms with E-state index in [4.69, 9.17) is 4.74 Å². The van der Waals surface area contributed by atoms with Gasteiger partial charge in [0.05, 0.1) is 0 Å². The van der Waals surface area contributed by atoms with Crippen molar-refractivity contribution in [2.45, 2.75) is 0 Å². The quantitative estimate of drug-likeness (QED) is 0.392. The number of para-hydroxylation sites is 2. The Balaban J connectivity index is 1.82. The van der Waals surface area contributed by atoms with E-state index >= 15 is 0 Å². The first-order valence-corrected chi connectivity index (χ1v) is 8.98. The molecular weight excluding hydrogens is 337 g/mol. The molecule has 3 heteroatoms. The van der Waals surface area contributed by atoms with E-state index in [-0.39, 0.29) is 0 Å². The van der Waals surface area contributed by atoms with Gasteiger partial charge in [-0.1, -0.05) is 0 Å². The van der Waals surface area contributed by atoms with Gasteiger partial charge in [-0.15, -0.1) is 0 Å². The first-order valence-electron chi connectivity index (χ1n) is 7.27. The minimum atomic E-state index is 0.301. The van der Waals surface area contributed by atoms with Crippen LogP contribution < -0.4 is 13.7 Å². The van der Waals surface area contributed by atoms with Crippen LogP contribution in [0.25, 0.3) is 21.8 Å². The van der Waals surface area contributed by atoms with Gasteiger partial charge in [0.15, 0.2) is 0 Å². The summed E-state index contributed by atoms with van der Waals surface area (Å²) in [6.07, 6.45) is 0. The third-order valence-corrected chi connectivity index (χ3v) is 6.57. The number of ether oxygens (including phenoxy) is 1. The van der Waals surface area contributed by atoms with E-state index < -0.39 is 0 Å². The van der Waals surface area contributed by atoms with Gasteiger partial charge in [-0.25, -0.2) is 0 Å².